The summed E-state index contributed by atoms with van der Waals surface area (Å²) in [6.07, 6.45) is 4.56. The van der Waals surface area contributed by atoms with Crippen LogP contribution >= 0.6 is 0 Å². The molecule has 2 aromatic rings. The Hall–Kier alpha value is -1.85. The molecule has 3 aliphatic rings. The van der Waals surface area contributed by atoms with Crippen LogP contribution in [0.4, 0.5) is 0 Å². The molecule has 2 aliphatic carbocycles. The van der Waals surface area contributed by atoms with Gasteiger partial charge in [0.2, 0.25) is 5.88 Å². The Bertz CT molecular complexity index is 879. The minimum atomic E-state index is -0.347. The van der Waals surface area contributed by atoms with Gasteiger partial charge in [-0.05, 0) is 74.5 Å². The molecule has 1 aliphatic heterocycles. The van der Waals surface area contributed by atoms with Crippen molar-refractivity contribution in [1.82, 2.24) is 4.98 Å². The maximum Gasteiger partial charge on any atom is 0.494 e. The molecule has 1 aromatic heterocycles. The molecule has 5 heteroatoms. The summed E-state index contributed by atoms with van der Waals surface area (Å²) in [5.41, 5.74) is 4.31. The average Bonchev–Trinajstić information content (AvgIpc) is 3.23. The summed E-state index contributed by atoms with van der Waals surface area (Å²) in [6.45, 7) is 8.78. The molecule has 140 valence electrons. The van der Waals surface area contributed by atoms with Crippen molar-refractivity contribution in [2.24, 2.45) is 5.92 Å². The van der Waals surface area contributed by atoms with Gasteiger partial charge in [-0.1, -0.05) is 24.3 Å². The topological polar surface area (TPSA) is 40.6 Å². The molecule has 2 atom stereocenters. The SMILES string of the molecule is CC1(C)OB(c2cccc(COc3cc4c(cn3)[C@@H]3C[C@@H]3C4)c2)OC1(C)C. The van der Waals surface area contributed by atoms with E-state index in [2.05, 4.69) is 50.9 Å². The number of benzene rings is 1. The summed E-state index contributed by atoms with van der Waals surface area (Å²) in [5, 5.41) is 0. The van der Waals surface area contributed by atoms with Gasteiger partial charge in [-0.2, -0.15) is 0 Å². The van der Waals surface area contributed by atoms with E-state index in [1.807, 2.05) is 18.3 Å². The van der Waals surface area contributed by atoms with Crippen molar-refractivity contribution in [2.75, 3.05) is 0 Å². The lowest BCUT2D eigenvalue weighted by atomic mass is 9.78. The Morgan fingerprint density at radius 1 is 1.15 bits per heavy atom. The van der Waals surface area contributed by atoms with Crippen LogP contribution in [0.2, 0.25) is 0 Å². The van der Waals surface area contributed by atoms with Crippen LogP contribution in [0.5, 0.6) is 5.88 Å². The number of nitrogens with zero attached hydrogens (tertiary/aromatic N) is 1. The standard InChI is InChI=1S/C22H26BNO3/c1-21(2)22(3,4)27-23(26-21)17-7-5-6-14(8-17)13-25-20-11-16-9-15-10-18(15)19(16)12-24-20/h5-8,11-12,15,18H,9-10,13H2,1-4H3/t15-,18+/m0/s1. The van der Waals surface area contributed by atoms with E-state index in [0.717, 1.165) is 28.7 Å². The van der Waals surface area contributed by atoms with E-state index in [4.69, 9.17) is 14.0 Å². The first kappa shape index (κ1) is 17.3. The van der Waals surface area contributed by atoms with Crippen LogP contribution in [0.25, 0.3) is 0 Å². The van der Waals surface area contributed by atoms with E-state index >= 15 is 0 Å². The second-order valence-electron chi connectivity index (χ2n) is 9.15. The number of ether oxygens (including phenoxy) is 1. The second kappa shape index (κ2) is 5.82. The highest BCUT2D eigenvalue weighted by Gasteiger charge is 2.51. The highest BCUT2D eigenvalue weighted by atomic mass is 16.7. The molecule has 0 amide bonds. The molecule has 1 saturated heterocycles. The summed E-state index contributed by atoms with van der Waals surface area (Å²) >= 11 is 0. The molecule has 2 heterocycles. The van der Waals surface area contributed by atoms with Crippen molar-refractivity contribution in [1.29, 1.82) is 0 Å². The first-order chi connectivity index (χ1) is 12.8. The van der Waals surface area contributed by atoms with E-state index < -0.39 is 0 Å². The number of pyridine rings is 1. The Morgan fingerprint density at radius 2 is 1.93 bits per heavy atom. The van der Waals surface area contributed by atoms with E-state index in [1.54, 1.807) is 0 Å². The predicted molar refractivity (Wildman–Crippen MR) is 105 cm³/mol. The fourth-order valence-electron chi connectivity index (χ4n) is 4.18. The lowest BCUT2D eigenvalue weighted by Gasteiger charge is -2.32. The van der Waals surface area contributed by atoms with Gasteiger partial charge in [-0.15, -0.1) is 0 Å². The Balaban J connectivity index is 1.28. The molecule has 2 fully saturated rings. The lowest BCUT2D eigenvalue weighted by Crippen LogP contribution is -2.41. The zero-order valence-electron chi connectivity index (χ0n) is 16.5. The molecular weight excluding hydrogens is 337 g/mol. The second-order valence-corrected chi connectivity index (χ2v) is 9.15. The van der Waals surface area contributed by atoms with E-state index in [-0.39, 0.29) is 18.3 Å². The third-order valence-corrected chi connectivity index (χ3v) is 6.67. The summed E-state index contributed by atoms with van der Waals surface area (Å²) < 4.78 is 18.3. The normalized spacial score (nSPS) is 26.6. The number of hydrogen-bond donors (Lipinski definition) is 0. The number of rotatable bonds is 4. The fraction of sp³-hybridized carbons (Fsp3) is 0.500. The van der Waals surface area contributed by atoms with Crippen LogP contribution < -0.4 is 10.2 Å². The first-order valence-corrected chi connectivity index (χ1v) is 9.88. The van der Waals surface area contributed by atoms with Crippen LogP contribution in [0.3, 0.4) is 0 Å². The first-order valence-electron chi connectivity index (χ1n) is 9.88. The van der Waals surface area contributed by atoms with Gasteiger partial charge in [0.1, 0.15) is 6.61 Å². The van der Waals surface area contributed by atoms with Gasteiger partial charge in [-0.25, -0.2) is 4.98 Å². The maximum atomic E-state index is 6.16. The molecule has 0 bridgehead atoms. The monoisotopic (exact) mass is 363 g/mol. The molecular formula is C22H26BNO3. The van der Waals surface area contributed by atoms with Gasteiger partial charge in [-0.3, -0.25) is 0 Å². The van der Waals surface area contributed by atoms with Crippen molar-refractivity contribution in [3.63, 3.8) is 0 Å². The molecule has 0 radical (unpaired) electrons. The lowest BCUT2D eigenvalue weighted by molar-refractivity contribution is 0.00578. The van der Waals surface area contributed by atoms with Gasteiger partial charge >= 0.3 is 7.12 Å². The number of fused-ring (bicyclic) bond motifs is 3. The molecule has 0 unspecified atom stereocenters. The Morgan fingerprint density at radius 3 is 2.70 bits per heavy atom. The third kappa shape index (κ3) is 2.97. The summed E-state index contributed by atoms with van der Waals surface area (Å²) in [5.74, 6) is 2.36. The van der Waals surface area contributed by atoms with Crippen LogP contribution in [0.15, 0.2) is 36.5 Å². The van der Waals surface area contributed by atoms with Gasteiger partial charge in [0.05, 0.1) is 11.2 Å². The molecule has 27 heavy (non-hydrogen) atoms. The van der Waals surface area contributed by atoms with E-state index in [9.17, 15) is 0 Å². The maximum absolute atomic E-state index is 6.16. The zero-order chi connectivity index (χ0) is 18.8. The molecule has 4 nitrogen and oxygen atoms in total. The highest BCUT2D eigenvalue weighted by molar-refractivity contribution is 6.62. The summed E-state index contributed by atoms with van der Waals surface area (Å²) in [4.78, 5) is 4.51. The van der Waals surface area contributed by atoms with Crippen molar-refractivity contribution in [2.45, 2.75) is 64.3 Å². The minimum Gasteiger partial charge on any atom is -0.473 e. The molecule has 5 rings (SSSR count). The van der Waals surface area contributed by atoms with Crippen LogP contribution in [0, 0.1) is 5.92 Å². The molecule has 1 saturated carbocycles. The van der Waals surface area contributed by atoms with Crippen molar-refractivity contribution >= 4 is 12.6 Å². The average molecular weight is 363 g/mol. The van der Waals surface area contributed by atoms with Gasteiger partial charge < -0.3 is 14.0 Å². The van der Waals surface area contributed by atoms with Crippen molar-refractivity contribution in [3.05, 3.63) is 53.2 Å². The van der Waals surface area contributed by atoms with Gasteiger partial charge in [0.15, 0.2) is 0 Å². The Labute approximate surface area is 161 Å². The van der Waals surface area contributed by atoms with E-state index in [1.165, 1.54) is 24.0 Å². The summed E-state index contributed by atoms with van der Waals surface area (Å²) in [6, 6.07) is 10.4. The van der Waals surface area contributed by atoms with Crippen molar-refractivity contribution in [3.8, 4) is 5.88 Å². The minimum absolute atomic E-state index is 0.334. The number of hydrogen-bond acceptors (Lipinski definition) is 4. The largest absolute Gasteiger partial charge is 0.494 e. The number of aromatic nitrogens is 1. The quantitative estimate of drug-likeness (QED) is 0.778. The predicted octanol–water partition coefficient (Wildman–Crippen LogP) is 3.62. The third-order valence-electron chi connectivity index (χ3n) is 6.67. The molecule has 1 aromatic carbocycles. The molecule has 0 N–H and O–H groups in total. The highest BCUT2D eigenvalue weighted by Crippen LogP contribution is 2.56. The van der Waals surface area contributed by atoms with E-state index in [0.29, 0.717) is 6.61 Å². The Kier molecular flexibility index (Phi) is 3.72. The summed E-state index contributed by atoms with van der Waals surface area (Å²) in [7, 11) is -0.347. The van der Waals surface area contributed by atoms with Crippen LogP contribution in [-0.2, 0) is 22.3 Å². The van der Waals surface area contributed by atoms with Gasteiger partial charge in [0.25, 0.3) is 0 Å². The smallest absolute Gasteiger partial charge is 0.473 e. The van der Waals surface area contributed by atoms with Gasteiger partial charge in [0, 0.05) is 12.3 Å². The van der Waals surface area contributed by atoms with Crippen LogP contribution in [0.1, 0.15) is 56.7 Å². The molecule has 0 spiro atoms. The van der Waals surface area contributed by atoms with Crippen LogP contribution in [-0.4, -0.2) is 23.3 Å². The fourth-order valence-corrected chi connectivity index (χ4v) is 4.18. The van der Waals surface area contributed by atoms with Crippen molar-refractivity contribution < 1.29 is 14.0 Å². The zero-order valence-corrected chi connectivity index (χ0v) is 16.5.